The van der Waals surface area contributed by atoms with Crippen molar-refractivity contribution in [1.82, 2.24) is 4.98 Å². The fourth-order valence-electron chi connectivity index (χ4n) is 1.62. The molecule has 1 heterocycles. The van der Waals surface area contributed by atoms with Crippen molar-refractivity contribution in [2.75, 3.05) is 0 Å². The normalized spacial score (nSPS) is 10.4. The monoisotopic (exact) mass is 261 g/mol. The van der Waals surface area contributed by atoms with Gasteiger partial charge in [-0.2, -0.15) is 0 Å². The first-order valence-electron chi connectivity index (χ1n) is 5.98. The van der Waals surface area contributed by atoms with Crippen LogP contribution in [0.3, 0.4) is 0 Å². The van der Waals surface area contributed by atoms with Gasteiger partial charge in [-0.15, -0.1) is 0 Å². The minimum Gasteiger partial charge on any atom is -0.484 e. The molecule has 0 aliphatic carbocycles. The summed E-state index contributed by atoms with van der Waals surface area (Å²) < 4.78 is 10.8. The molecule has 0 amide bonds. The van der Waals surface area contributed by atoms with Crippen LogP contribution >= 0.6 is 0 Å². The smallest absolute Gasteiger partial charge is 0.303 e. The van der Waals surface area contributed by atoms with Crippen LogP contribution in [0.15, 0.2) is 34.9 Å². The molecule has 0 atom stereocenters. The van der Waals surface area contributed by atoms with E-state index in [0.717, 1.165) is 11.3 Å². The molecule has 0 saturated heterocycles. The van der Waals surface area contributed by atoms with Gasteiger partial charge in [-0.05, 0) is 24.6 Å². The van der Waals surface area contributed by atoms with Gasteiger partial charge in [0.1, 0.15) is 12.0 Å². The lowest BCUT2D eigenvalue weighted by atomic mass is 10.2. The van der Waals surface area contributed by atoms with Gasteiger partial charge in [-0.25, -0.2) is 4.98 Å². The summed E-state index contributed by atoms with van der Waals surface area (Å²) in [6.07, 6.45) is 1.88. The molecule has 0 spiro atoms. The van der Waals surface area contributed by atoms with Crippen molar-refractivity contribution in [2.24, 2.45) is 0 Å². The second-order valence-electron chi connectivity index (χ2n) is 4.23. The van der Waals surface area contributed by atoms with E-state index in [1.807, 2.05) is 31.2 Å². The maximum Gasteiger partial charge on any atom is 0.303 e. The first kappa shape index (κ1) is 13.1. The van der Waals surface area contributed by atoms with Crippen LogP contribution in [0, 0.1) is 6.92 Å². The molecule has 0 unspecified atom stereocenters. The summed E-state index contributed by atoms with van der Waals surface area (Å²) in [4.78, 5) is 14.6. The highest BCUT2D eigenvalue weighted by Gasteiger charge is 2.07. The molecule has 1 aromatic carbocycles. The summed E-state index contributed by atoms with van der Waals surface area (Å²) in [7, 11) is 0. The highest BCUT2D eigenvalue weighted by molar-refractivity contribution is 5.66. The van der Waals surface area contributed by atoms with Crippen LogP contribution in [0.4, 0.5) is 0 Å². The van der Waals surface area contributed by atoms with Gasteiger partial charge in [-0.3, -0.25) is 4.79 Å². The number of aliphatic carboxylic acids is 1. The van der Waals surface area contributed by atoms with Crippen molar-refractivity contribution in [3.05, 3.63) is 47.7 Å². The number of hydrogen-bond donors (Lipinski definition) is 1. The summed E-state index contributed by atoms with van der Waals surface area (Å²) >= 11 is 0. The maximum absolute atomic E-state index is 10.4. The average molecular weight is 261 g/mol. The van der Waals surface area contributed by atoms with Crippen LogP contribution in [0.1, 0.15) is 23.6 Å². The first-order chi connectivity index (χ1) is 9.13. The number of benzene rings is 1. The second kappa shape index (κ2) is 6.04. The molecule has 0 aliphatic heterocycles. The quantitative estimate of drug-likeness (QED) is 0.865. The van der Waals surface area contributed by atoms with Crippen LogP contribution in [-0.2, 0) is 17.8 Å². The van der Waals surface area contributed by atoms with Gasteiger partial charge in [0.05, 0.1) is 12.1 Å². The zero-order chi connectivity index (χ0) is 13.7. The SMILES string of the molecule is Cc1cccc(OCc2nc(CCC(=O)O)co2)c1. The highest BCUT2D eigenvalue weighted by Crippen LogP contribution is 2.14. The van der Waals surface area contributed by atoms with Gasteiger partial charge in [0.15, 0.2) is 6.61 Å². The summed E-state index contributed by atoms with van der Waals surface area (Å²) in [6, 6.07) is 7.69. The van der Waals surface area contributed by atoms with Gasteiger partial charge in [-0.1, -0.05) is 12.1 Å². The topological polar surface area (TPSA) is 72.6 Å². The minimum absolute atomic E-state index is 0.0463. The fraction of sp³-hybridized carbons (Fsp3) is 0.286. The van der Waals surface area contributed by atoms with Crippen LogP contribution in [0.5, 0.6) is 5.75 Å². The molecular formula is C14H15NO4. The highest BCUT2D eigenvalue weighted by atomic mass is 16.5. The zero-order valence-corrected chi connectivity index (χ0v) is 10.6. The third-order valence-corrected chi connectivity index (χ3v) is 2.55. The van der Waals surface area contributed by atoms with E-state index in [0.29, 0.717) is 18.0 Å². The number of aromatic nitrogens is 1. The van der Waals surface area contributed by atoms with E-state index in [4.69, 9.17) is 14.3 Å². The summed E-state index contributed by atoms with van der Waals surface area (Å²) in [6.45, 7) is 2.22. The molecular weight excluding hydrogens is 246 g/mol. The molecule has 5 heteroatoms. The number of nitrogens with zero attached hydrogens (tertiary/aromatic N) is 1. The maximum atomic E-state index is 10.4. The van der Waals surface area contributed by atoms with Crippen molar-refractivity contribution >= 4 is 5.97 Å². The standard InChI is InChI=1S/C14H15NO4/c1-10-3-2-4-12(7-10)18-9-13-15-11(8-19-13)5-6-14(16)17/h2-4,7-8H,5-6,9H2,1H3,(H,16,17). The molecule has 1 aromatic heterocycles. The van der Waals surface area contributed by atoms with Crippen molar-refractivity contribution in [1.29, 1.82) is 0 Å². The third-order valence-electron chi connectivity index (χ3n) is 2.55. The van der Waals surface area contributed by atoms with Gasteiger partial charge >= 0.3 is 5.97 Å². The molecule has 5 nitrogen and oxygen atoms in total. The second-order valence-corrected chi connectivity index (χ2v) is 4.23. The Morgan fingerprint density at radius 3 is 3.05 bits per heavy atom. The van der Waals surface area contributed by atoms with E-state index in [1.54, 1.807) is 0 Å². The Morgan fingerprint density at radius 1 is 1.47 bits per heavy atom. The van der Waals surface area contributed by atoms with E-state index in [1.165, 1.54) is 6.26 Å². The number of oxazole rings is 1. The Balaban J connectivity index is 1.88. The van der Waals surface area contributed by atoms with E-state index < -0.39 is 5.97 Å². The number of rotatable bonds is 6. The number of aryl methyl sites for hydroxylation is 2. The lowest BCUT2D eigenvalue weighted by Crippen LogP contribution is -1.99. The zero-order valence-electron chi connectivity index (χ0n) is 10.6. The molecule has 0 fully saturated rings. The molecule has 0 bridgehead atoms. The molecule has 0 radical (unpaired) electrons. The van der Waals surface area contributed by atoms with Crippen LogP contribution in [-0.4, -0.2) is 16.1 Å². The molecule has 19 heavy (non-hydrogen) atoms. The molecule has 0 saturated carbocycles. The molecule has 100 valence electrons. The number of hydrogen-bond acceptors (Lipinski definition) is 4. The predicted octanol–water partition coefficient (Wildman–Crippen LogP) is 2.58. The third kappa shape index (κ3) is 4.13. The van der Waals surface area contributed by atoms with E-state index in [9.17, 15) is 4.79 Å². The molecule has 2 aromatic rings. The van der Waals surface area contributed by atoms with Crippen molar-refractivity contribution < 1.29 is 19.1 Å². The number of carboxylic acid groups (broad SMARTS) is 1. The van der Waals surface area contributed by atoms with Gasteiger partial charge in [0, 0.05) is 6.42 Å². The van der Waals surface area contributed by atoms with Gasteiger partial charge < -0.3 is 14.3 Å². The van der Waals surface area contributed by atoms with Crippen molar-refractivity contribution in [2.45, 2.75) is 26.4 Å². The summed E-state index contributed by atoms with van der Waals surface area (Å²) in [5.41, 5.74) is 1.75. The van der Waals surface area contributed by atoms with E-state index >= 15 is 0 Å². The number of ether oxygens (including phenoxy) is 1. The van der Waals surface area contributed by atoms with Crippen molar-refractivity contribution in [3.63, 3.8) is 0 Å². The Bertz CT molecular complexity index is 562. The Labute approximate surface area is 110 Å². The Kier molecular flexibility index (Phi) is 4.18. The van der Waals surface area contributed by atoms with Crippen LogP contribution < -0.4 is 4.74 Å². The minimum atomic E-state index is -0.847. The van der Waals surface area contributed by atoms with E-state index in [-0.39, 0.29) is 13.0 Å². The fourth-order valence-corrected chi connectivity index (χ4v) is 1.62. The van der Waals surface area contributed by atoms with E-state index in [2.05, 4.69) is 4.98 Å². The summed E-state index contributed by atoms with van der Waals surface area (Å²) in [5.74, 6) is 0.354. The molecule has 1 N–H and O–H groups in total. The summed E-state index contributed by atoms with van der Waals surface area (Å²) in [5, 5.41) is 8.58. The largest absolute Gasteiger partial charge is 0.484 e. The molecule has 0 aliphatic rings. The van der Waals surface area contributed by atoms with Gasteiger partial charge in [0.25, 0.3) is 0 Å². The van der Waals surface area contributed by atoms with Crippen LogP contribution in [0.2, 0.25) is 0 Å². The lowest BCUT2D eigenvalue weighted by molar-refractivity contribution is -0.136. The van der Waals surface area contributed by atoms with Crippen LogP contribution in [0.25, 0.3) is 0 Å². The first-order valence-corrected chi connectivity index (χ1v) is 5.98. The lowest BCUT2D eigenvalue weighted by Gasteiger charge is -2.03. The average Bonchev–Trinajstić information content (AvgIpc) is 2.82. The number of carbonyl (C=O) groups is 1. The molecule has 2 rings (SSSR count). The number of carboxylic acids is 1. The van der Waals surface area contributed by atoms with Crippen molar-refractivity contribution in [3.8, 4) is 5.75 Å². The predicted molar refractivity (Wildman–Crippen MR) is 68.0 cm³/mol. The Hall–Kier alpha value is -2.30. The Morgan fingerprint density at radius 2 is 2.32 bits per heavy atom. The van der Waals surface area contributed by atoms with Gasteiger partial charge in [0.2, 0.25) is 5.89 Å².